The molecule has 0 saturated carbocycles. The first kappa shape index (κ1) is 14.5. The standard InChI is InChI=1S/C17H13Br2NO/c1-21-17-13(7-11-5-3-2-4-6-11)8-12-9-14(18)10-15(19)16(12)20-17/h2-6,8-10H,7H2,1H3. The third-order valence-electron chi connectivity index (χ3n) is 3.31. The van der Waals surface area contributed by atoms with Gasteiger partial charge < -0.3 is 4.74 Å². The summed E-state index contributed by atoms with van der Waals surface area (Å²) in [6.07, 6.45) is 0.803. The minimum Gasteiger partial charge on any atom is -0.481 e. The van der Waals surface area contributed by atoms with Crippen molar-refractivity contribution >= 4 is 42.8 Å². The van der Waals surface area contributed by atoms with Crippen LogP contribution in [0.2, 0.25) is 0 Å². The zero-order valence-electron chi connectivity index (χ0n) is 11.4. The molecule has 0 aliphatic rings. The Kier molecular flexibility index (Phi) is 4.27. The summed E-state index contributed by atoms with van der Waals surface area (Å²) in [5, 5.41) is 1.09. The molecule has 2 aromatic carbocycles. The van der Waals surface area contributed by atoms with Crippen LogP contribution in [0.15, 0.2) is 57.5 Å². The number of ether oxygens (including phenoxy) is 1. The van der Waals surface area contributed by atoms with Gasteiger partial charge >= 0.3 is 0 Å². The lowest BCUT2D eigenvalue weighted by Crippen LogP contribution is -1.98. The quantitative estimate of drug-likeness (QED) is 0.584. The number of halogens is 2. The van der Waals surface area contributed by atoms with Crippen molar-refractivity contribution in [1.29, 1.82) is 0 Å². The first-order valence-corrected chi connectivity index (χ1v) is 8.12. The van der Waals surface area contributed by atoms with Crippen molar-refractivity contribution in [2.24, 2.45) is 0 Å². The molecule has 0 bridgehead atoms. The molecule has 4 heteroatoms. The Balaban J connectivity index is 2.13. The minimum absolute atomic E-state index is 0.675. The van der Waals surface area contributed by atoms with Crippen molar-refractivity contribution in [2.45, 2.75) is 6.42 Å². The fourth-order valence-corrected chi connectivity index (χ4v) is 3.70. The molecule has 0 N–H and O–H groups in total. The topological polar surface area (TPSA) is 22.1 Å². The Morgan fingerprint density at radius 2 is 1.81 bits per heavy atom. The number of rotatable bonds is 3. The van der Waals surface area contributed by atoms with Crippen molar-refractivity contribution in [3.63, 3.8) is 0 Å². The Hall–Kier alpha value is -1.39. The maximum absolute atomic E-state index is 5.47. The molecule has 0 unspecified atom stereocenters. The summed E-state index contributed by atoms with van der Waals surface area (Å²) in [6.45, 7) is 0. The Morgan fingerprint density at radius 1 is 1.05 bits per heavy atom. The highest BCUT2D eigenvalue weighted by Gasteiger charge is 2.11. The average molecular weight is 407 g/mol. The van der Waals surface area contributed by atoms with Crippen molar-refractivity contribution in [3.05, 3.63) is 68.6 Å². The van der Waals surface area contributed by atoms with E-state index in [1.807, 2.05) is 24.3 Å². The van der Waals surface area contributed by atoms with Crippen molar-refractivity contribution < 1.29 is 4.74 Å². The van der Waals surface area contributed by atoms with Gasteiger partial charge in [-0.25, -0.2) is 4.98 Å². The Bertz CT molecular complexity index is 788. The van der Waals surface area contributed by atoms with Crippen LogP contribution in [0.1, 0.15) is 11.1 Å². The number of benzene rings is 2. The van der Waals surface area contributed by atoms with E-state index in [1.54, 1.807) is 7.11 Å². The maximum atomic E-state index is 5.47. The van der Waals surface area contributed by atoms with Gasteiger partial charge in [0.2, 0.25) is 5.88 Å². The number of aromatic nitrogens is 1. The zero-order valence-corrected chi connectivity index (χ0v) is 14.6. The molecular formula is C17H13Br2NO. The van der Waals surface area contributed by atoms with Crippen LogP contribution in [0, 0.1) is 0 Å². The highest BCUT2D eigenvalue weighted by Crippen LogP contribution is 2.31. The van der Waals surface area contributed by atoms with Crippen LogP contribution in [0.3, 0.4) is 0 Å². The van der Waals surface area contributed by atoms with E-state index in [2.05, 4.69) is 61.1 Å². The van der Waals surface area contributed by atoms with E-state index in [1.165, 1.54) is 5.56 Å². The van der Waals surface area contributed by atoms with Gasteiger partial charge in [-0.3, -0.25) is 0 Å². The fraction of sp³-hybridized carbons (Fsp3) is 0.118. The van der Waals surface area contributed by atoms with Gasteiger partial charge in [-0.05, 0) is 39.7 Å². The molecule has 0 saturated heterocycles. The summed E-state index contributed by atoms with van der Waals surface area (Å²) in [5.74, 6) is 0.675. The second-order valence-corrected chi connectivity index (χ2v) is 6.55. The largest absolute Gasteiger partial charge is 0.481 e. The molecule has 3 rings (SSSR count). The van der Waals surface area contributed by atoms with E-state index in [9.17, 15) is 0 Å². The van der Waals surface area contributed by atoms with Gasteiger partial charge in [-0.15, -0.1) is 0 Å². The average Bonchev–Trinajstić information content (AvgIpc) is 2.47. The van der Waals surface area contributed by atoms with Crippen LogP contribution >= 0.6 is 31.9 Å². The number of hydrogen-bond acceptors (Lipinski definition) is 2. The van der Waals surface area contributed by atoms with Gasteiger partial charge in [-0.1, -0.05) is 46.3 Å². The van der Waals surface area contributed by atoms with Gasteiger partial charge in [0, 0.05) is 26.3 Å². The highest BCUT2D eigenvalue weighted by atomic mass is 79.9. The van der Waals surface area contributed by atoms with Gasteiger partial charge in [0.15, 0.2) is 0 Å². The van der Waals surface area contributed by atoms with E-state index in [0.29, 0.717) is 5.88 Å². The highest BCUT2D eigenvalue weighted by molar-refractivity contribution is 9.11. The molecule has 1 heterocycles. The fourth-order valence-electron chi connectivity index (χ4n) is 2.36. The first-order chi connectivity index (χ1) is 10.2. The summed E-state index contributed by atoms with van der Waals surface area (Å²) in [6, 6.07) is 16.5. The van der Waals surface area contributed by atoms with Crippen LogP contribution in [0.25, 0.3) is 10.9 Å². The molecule has 0 amide bonds. The molecule has 0 fully saturated rings. The normalized spacial score (nSPS) is 10.8. The second-order valence-electron chi connectivity index (χ2n) is 4.78. The van der Waals surface area contributed by atoms with Gasteiger partial charge in [0.25, 0.3) is 0 Å². The predicted octanol–water partition coefficient (Wildman–Crippen LogP) is 5.36. The summed E-state index contributed by atoms with van der Waals surface area (Å²) in [4.78, 5) is 4.64. The van der Waals surface area contributed by atoms with Crippen molar-refractivity contribution in [1.82, 2.24) is 4.98 Å². The van der Waals surface area contributed by atoms with Crippen LogP contribution in [0.5, 0.6) is 5.88 Å². The summed E-state index contributed by atoms with van der Waals surface area (Å²) >= 11 is 7.08. The lowest BCUT2D eigenvalue weighted by Gasteiger charge is -2.11. The first-order valence-electron chi connectivity index (χ1n) is 6.54. The van der Waals surface area contributed by atoms with Gasteiger partial charge in [0.05, 0.1) is 12.6 Å². The van der Waals surface area contributed by atoms with Crippen LogP contribution in [-0.4, -0.2) is 12.1 Å². The van der Waals surface area contributed by atoms with Gasteiger partial charge in [0.1, 0.15) is 0 Å². The van der Waals surface area contributed by atoms with E-state index in [-0.39, 0.29) is 0 Å². The zero-order chi connectivity index (χ0) is 14.8. The molecule has 106 valence electrons. The number of nitrogens with zero attached hydrogens (tertiary/aromatic N) is 1. The summed E-state index contributed by atoms with van der Waals surface area (Å²) in [7, 11) is 1.66. The molecule has 0 radical (unpaired) electrons. The minimum atomic E-state index is 0.675. The Labute approximate surface area is 140 Å². The van der Waals surface area contributed by atoms with Crippen LogP contribution < -0.4 is 4.74 Å². The van der Waals surface area contributed by atoms with Gasteiger partial charge in [-0.2, -0.15) is 0 Å². The lowest BCUT2D eigenvalue weighted by molar-refractivity contribution is 0.395. The SMILES string of the molecule is COc1nc2c(Br)cc(Br)cc2cc1Cc1ccccc1. The third-order valence-corrected chi connectivity index (χ3v) is 4.37. The molecule has 0 aliphatic heterocycles. The Morgan fingerprint density at radius 3 is 2.52 bits per heavy atom. The summed E-state index contributed by atoms with van der Waals surface area (Å²) in [5.41, 5.74) is 3.24. The van der Waals surface area contributed by atoms with E-state index < -0.39 is 0 Å². The number of pyridine rings is 1. The van der Waals surface area contributed by atoms with E-state index in [4.69, 9.17) is 4.74 Å². The third kappa shape index (κ3) is 3.11. The molecule has 0 atom stereocenters. The van der Waals surface area contributed by atoms with Crippen LogP contribution in [0.4, 0.5) is 0 Å². The molecule has 21 heavy (non-hydrogen) atoms. The second kappa shape index (κ2) is 6.16. The molecule has 3 aromatic rings. The molecular weight excluding hydrogens is 394 g/mol. The van der Waals surface area contributed by atoms with E-state index in [0.717, 1.165) is 31.8 Å². The molecule has 2 nitrogen and oxygen atoms in total. The van der Waals surface area contributed by atoms with Crippen molar-refractivity contribution in [2.75, 3.05) is 7.11 Å². The molecule has 0 spiro atoms. The number of methoxy groups -OCH3 is 1. The smallest absolute Gasteiger partial charge is 0.217 e. The number of hydrogen-bond donors (Lipinski definition) is 0. The monoisotopic (exact) mass is 405 g/mol. The predicted molar refractivity (Wildman–Crippen MR) is 92.9 cm³/mol. The number of fused-ring (bicyclic) bond motifs is 1. The molecule has 1 aromatic heterocycles. The maximum Gasteiger partial charge on any atom is 0.217 e. The van der Waals surface area contributed by atoms with Crippen LogP contribution in [-0.2, 0) is 6.42 Å². The van der Waals surface area contributed by atoms with E-state index >= 15 is 0 Å². The molecule has 0 aliphatic carbocycles. The summed E-state index contributed by atoms with van der Waals surface area (Å²) < 4.78 is 7.45. The van der Waals surface area contributed by atoms with Crippen molar-refractivity contribution in [3.8, 4) is 5.88 Å². The lowest BCUT2D eigenvalue weighted by atomic mass is 10.0.